The highest BCUT2D eigenvalue weighted by Gasteiger charge is 2.39. The summed E-state index contributed by atoms with van der Waals surface area (Å²) in [6, 6.07) is 63.5. The van der Waals surface area contributed by atoms with Crippen molar-refractivity contribution in [3.63, 3.8) is 0 Å². The largest absolute Gasteiger partial charge is 0.497 e. The summed E-state index contributed by atoms with van der Waals surface area (Å²) in [4.78, 5) is 35.6. The van der Waals surface area contributed by atoms with Crippen LogP contribution < -0.4 is 47.4 Å². The number of aliphatic imine (C=N–C) groups is 8. The zero-order chi connectivity index (χ0) is 57.6. The number of para-hydroxylation sites is 8. The highest BCUT2D eigenvalue weighted by molar-refractivity contribution is 5.69. The SMILES string of the molecule is C1=Nc2ccccc2OCC2(COc3ccccc3N=1)COc1ccccc1N=C=Nc1ccccc1OC2.COc1ccc2c(c1)N=C=Nc1cc(C)ccc1OCC1(COc3ccc(C)cc3N=C=Nc3cc(OC)ccc3OC1)CO2. The average molecular weight is 1120 g/mol. The van der Waals surface area contributed by atoms with Crippen molar-refractivity contribution in [3.05, 3.63) is 181 Å². The van der Waals surface area contributed by atoms with Crippen molar-refractivity contribution in [1.82, 2.24) is 0 Å². The summed E-state index contributed by atoms with van der Waals surface area (Å²) in [6.45, 7) is 5.49. The van der Waals surface area contributed by atoms with Crippen molar-refractivity contribution in [2.24, 2.45) is 50.8 Å². The molecule has 12 rings (SSSR count). The molecule has 4 aliphatic rings. The average Bonchev–Trinajstić information content (AvgIpc) is 3.50. The van der Waals surface area contributed by atoms with Gasteiger partial charge in [0.05, 0.1) is 14.2 Å². The molecule has 0 aliphatic carbocycles. The minimum absolute atomic E-state index is 0.152. The Kier molecular flexibility index (Phi) is 17.0. The summed E-state index contributed by atoms with van der Waals surface area (Å²) in [6.07, 6.45) is 0. The number of aryl methyl sites for hydroxylation is 2. The van der Waals surface area contributed by atoms with E-state index in [2.05, 4.69) is 64.0 Å². The zero-order valence-electron chi connectivity index (χ0n) is 46.5. The molecule has 2 spiro atoms. The van der Waals surface area contributed by atoms with E-state index >= 15 is 0 Å². The molecule has 0 atom stereocenters. The van der Waals surface area contributed by atoms with Crippen LogP contribution in [-0.2, 0) is 0 Å². The van der Waals surface area contributed by atoms with Crippen molar-refractivity contribution in [2.75, 3.05) is 67.1 Å². The lowest BCUT2D eigenvalue weighted by Gasteiger charge is -2.33. The van der Waals surface area contributed by atoms with Crippen LogP contribution in [0.5, 0.6) is 57.5 Å². The van der Waals surface area contributed by atoms with E-state index in [0.717, 1.165) is 11.1 Å². The molecule has 0 bridgehead atoms. The first-order valence-electron chi connectivity index (χ1n) is 26.8. The lowest BCUT2D eigenvalue weighted by atomic mass is 9.91. The standard InChI is InChI=1S/C35H32N4O6.C31H24N4O4/c1-23-5-9-31-27(13-23)36-21-38-29-15-25(40-3)7-11-33(29)44-19-35(17-42-31)18-43-32-10-6-24(2)14-28(32)37-22-39-30-16-26(41-4)8-12-34(30)45-20-35;1-5-13-27-23(9-1)32-21-33-24-10-2-6-14-28(24)37-18-31(17-36-27)19-38-29-15-7-3-11-25(29)34-22-35-26-12-4-8-16-30(26)39-20-31/h5-16H,17-20H2,1-4H3;1-16H,17-20H2. The molecule has 0 fully saturated rings. The first-order valence-corrected chi connectivity index (χ1v) is 26.8. The van der Waals surface area contributed by atoms with Crippen LogP contribution >= 0.6 is 0 Å². The summed E-state index contributed by atoms with van der Waals surface area (Å²) < 4.78 is 62.2. The number of methoxy groups -OCH3 is 2. The molecule has 0 saturated carbocycles. The van der Waals surface area contributed by atoms with E-state index in [1.54, 1.807) is 38.5 Å². The first-order chi connectivity index (χ1) is 41.2. The van der Waals surface area contributed by atoms with Gasteiger partial charge in [0.1, 0.15) is 191 Å². The number of nitrogens with zero attached hydrogens (tertiary/aromatic N) is 8. The minimum atomic E-state index is -0.849. The number of hydrogen-bond donors (Lipinski definition) is 0. The Morgan fingerprint density at radius 2 is 0.512 bits per heavy atom. The van der Waals surface area contributed by atoms with Gasteiger partial charge in [-0.05, 0) is 122 Å². The maximum atomic E-state index is 6.47. The lowest BCUT2D eigenvalue weighted by Crippen LogP contribution is -2.45. The number of hydrogen-bond acceptors (Lipinski definition) is 18. The van der Waals surface area contributed by atoms with Crippen molar-refractivity contribution in [3.8, 4) is 57.5 Å². The Morgan fingerprint density at radius 3 is 0.786 bits per heavy atom. The third-order valence-corrected chi connectivity index (χ3v) is 13.7. The molecule has 18 nitrogen and oxygen atoms in total. The highest BCUT2D eigenvalue weighted by atomic mass is 16.5. The maximum absolute atomic E-state index is 6.47. The fourth-order valence-corrected chi connectivity index (χ4v) is 8.90. The summed E-state index contributed by atoms with van der Waals surface area (Å²) in [7, 11) is 3.20. The summed E-state index contributed by atoms with van der Waals surface area (Å²) in [5.74, 6) is 5.79. The van der Waals surface area contributed by atoms with E-state index in [4.69, 9.17) is 47.4 Å². The fourth-order valence-electron chi connectivity index (χ4n) is 8.90. The Bertz CT molecular complexity index is 3620. The van der Waals surface area contributed by atoms with Crippen LogP contribution in [-0.4, -0.2) is 91.1 Å². The molecule has 84 heavy (non-hydrogen) atoms. The van der Waals surface area contributed by atoms with Crippen LogP contribution in [0.3, 0.4) is 0 Å². The monoisotopic (exact) mass is 1120 g/mol. The van der Waals surface area contributed by atoms with E-state index in [-0.39, 0.29) is 52.9 Å². The highest BCUT2D eigenvalue weighted by Crippen LogP contribution is 2.41. The third-order valence-electron chi connectivity index (χ3n) is 13.7. The number of rotatable bonds is 2. The number of benzene rings is 8. The second-order valence-electron chi connectivity index (χ2n) is 20.1. The number of fused-ring (bicyclic) bond motifs is 8. The fraction of sp³-hybridized carbons (Fsp3) is 0.212. The maximum Gasteiger partial charge on any atom is 0.146 e. The van der Waals surface area contributed by atoms with Crippen LogP contribution in [0.25, 0.3) is 0 Å². The zero-order valence-corrected chi connectivity index (χ0v) is 46.5. The third kappa shape index (κ3) is 13.5. The molecule has 18 heteroatoms. The molecule has 420 valence electrons. The Labute approximate surface area is 485 Å². The van der Waals surface area contributed by atoms with Gasteiger partial charge >= 0.3 is 0 Å². The van der Waals surface area contributed by atoms with Crippen molar-refractivity contribution in [2.45, 2.75) is 13.8 Å². The molecule has 0 unspecified atom stereocenters. The first kappa shape index (κ1) is 55.2. The molecule has 4 aliphatic heterocycles. The molecule has 0 radical (unpaired) electrons. The second-order valence-corrected chi connectivity index (χ2v) is 20.1. The minimum Gasteiger partial charge on any atom is -0.497 e. The van der Waals surface area contributed by atoms with Gasteiger partial charge in [0.15, 0.2) is 0 Å². The van der Waals surface area contributed by atoms with Crippen LogP contribution in [0, 0.1) is 24.7 Å². The van der Waals surface area contributed by atoms with Gasteiger partial charge in [0.2, 0.25) is 0 Å². The van der Waals surface area contributed by atoms with Crippen LogP contribution in [0.1, 0.15) is 11.1 Å². The van der Waals surface area contributed by atoms with Gasteiger partial charge in [0.25, 0.3) is 0 Å². The predicted octanol–water partition coefficient (Wildman–Crippen LogP) is 15.0. The van der Waals surface area contributed by atoms with E-state index < -0.39 is 10.8 Å². The molecule has 0 saturated heterocycles. The van der Waals surface area contributed by atoms with E-state index in [9.17, 15) is 0 Å². The van der Waals surface area contributed by atoms with Gasteiger partial charge in [-0.25, -0.2) is 0 Å². The Morgan fingerprint density at radius 1 is 0.286 bits per heavy atom. The molecule has 8 aromatic carbocycles. The summed E-state index contributed by atoms with van der Waals surface area (Å²) in [5.41, 5.74) is 5.11. The van der Waals surface area contributed by atoms with Crippen molar-refractivity contribution < 1.29 is 47.4 Å². The van der Waals surface area contributed by atoms with Gasteiger partial charge in [-0.3, -0.25) is 0 Å². The molecule has 0 N–H and O–H groups in total. The van der Waals surface area contributed by atoms with Gasteiger partial charge in [0, 0.05) is 12.1 Å². The molecular weight excluding hydrogens is 1060 g/mol. The van der Waals surface area contributed by atoms with Crippen molar-refractivity contribution in [1.29, 1.82) is 0 Å². The van der Waals surface area contributed by atoms with E-state index in [1.807, 2.05) is 159 Å². The molecular formula is C66H56N8O10. The van der Waals surface area contributed by atoms with E-state index in [0.29, 0.717) is 103 Å². The molecule has 0 aromatic heterocycles. The van der Waals surface area contributed by atoms with Gasteiger partial charge in [-0.1, -0.05) is 60.7 Å². The van der Waals surface area contributed by atoms with E-state index in [1.165, 1.54) is 0 Å². The quantitative estimate of drug-likeness (QED) is 0.161. The predicted molar refractivity (Wildman–Crippen MR) is 320 cm³/mol. The summed E-state index contributed by atoms with van der Waals surface area (Å²) in [5, 5.41) is 0. The molecule has 8 aromatic rings. The van der Waals surface area contributed by atoms with Crippen LogP contribution in [0.2, 0.25) is 0 Å². The van der Waals surface area contributed by atoms with Crippen LogP contribution in [0.4, 0.5) is 45.5 Å². The van der Waals surface area contributed by atoms with Gasteiger partial charge in [-0.15, -0.1) is 0 Å². The second kappa shape index (κ2) is 25.8. The smallest absolute Gasteiger partial charge is 0.146 e. The van der Waals surface area contributed by atoms with Crippen molar-refractivity contribution >= 4 is 69.5 Å². The normalized spacial score (nSPS) is 17.6. The topological polar surface area (TPSA) is 191 Å². The molecule has 0 amide bonds. The lowest BCUT2D eigenvalue weighted by molar-refractivity contribution is -0.00308. The number of ether oxygens (including phenoxy) is 10. The Hall–Kier alpha value is -10.7. The van der Waals surface area contributed by atoms with Crippen LogP contribution in [0.15, 0.2) is 210 Å². The Balaban J connectivity index is 0.000000177. The summed E-state index contributed by atoms with van der Waals surface area (Å²) >= 11 is 0. The van der Waals surface area contributed by atoms with Gasteiger partial charge in [-0.2, -0.15) is 39.9 Å². The van der Waals surface area contributed by atoms with Gasteiger partial charge < -0.3 is 47.4 Å². The molecule has 4 heterocycles.